The third-order valence-electron chi connectivity index (χ3n) is 5.95. The highest BCUT2D eigenvalue weighted by Crippen LogP contribution is 2.45. The van der Waals surface area contributed by atoms with Gasteiger partial charge in [-0.1, -0.05) is 36.4 Å². The number of hydrogen-bond donors (Lipinski definition) is 3. The molecule has 0 amide bonds. The van der Waals surface area contributed by atoms with Crippen LogP contribution in [0.2, 0.25) is 0 Å². The Kier molecular flexibility index (Phi) is 4.30. The Morgan fingerprint density at radius 1 is 1.16 bits per heavy atom. The number of ketones is 1. The van der Waals surface area contributed by atoms with Gasteiger partial charge in [-0.15, -0.1) is 0 Å². The number of nitrogens with zero attached hydrogens (tertiary/aromatic N) is 3. The van der Waals surface area contributed by atoms with Crippen molar-refractivity contribution in [3.63, 3.8) is 0 Å². The number of imidazole rings is 1. The maximum atomic E-state index is 12.8. The zero-order valence-corrected chi connectivity index (χ0v) is 17.1. The highest BCUT2D eigenvalue weighted by atomic mass is 16.3. The predicted octanol–water partition coefficient (Wildman–Crippen LogP) is 3.42. The van der Waals surface area contributed by atoms with E-state index >= 15 is 0 Å². The molecule has 7 heteroatoms. The number of benzene rings is 2. The summed E-state index contributed by atoms with van der Waals surface area (Å²) in [5.41, 5.74) is 15.4. The van der Waals surface area contributed by atoms with Crippen LogP contribution in [0.15, 0.2) is 60.9 Å². The second kappa shape index (κ2) is 6.92. The normalized spacial score (nSPS) is 20.5. The van der Waals surface area contributed by atoms with E-state index in [1.165, 1.54) is 0 Å². The summed E-state index contributed by atoms with van der Waals surface area (Å²) >= 11 is 0. The first-order chi connectivity index (χ1) is 14.8. The molecule has 1 fully saturated rings. The van der Waals surface area contributed by atoms with E-state index in [4.69, 9.17) is 16.5 Å². The van der Waals surface area contributed by atoms with E-state index < -0.39 is 5.60 Å². The fourth-order valence-corrected chi connectivity index (χ4v) is 4.42. The molecule has 0 aliphatic heterocycles. The molecule has 31 heavy (non-hydrogen) atoms. The lowest BCUT2D eigenvalue weighted by Crippen LogP contribution is -2.40. The van der Waals surface area contributed by atoms with E-state index in [2.05, 4.69) is 4.98 Å². The molecule has 1 saturated carbocycles. The Bertz CT molecular complexity index is 1300. The van der Waals surface area contributed by atoms with Crippen molar-refractivity contribution >= 4 is 22.8 Å². The van der Waals surface area contributed by atoms with E-state index in [0.717, 1.165) is 11.4 Å². The van der Waals surface area contributed by atoms with E-state index in [-0.39, 0.29) is 11.7 Å². The van der Waals surface area contributed by atoms with Crippen LogP contribution in [0.1, 0.15) is 47.4 Å². The van der Waals surface area contributed by atoms with Crippen molar-refractivity contribution in [2.24, 2.45) is 0 Å². The number of hydrogen-bond acceptors (Lipinski definition) is 6. The second-order valence-corrected chi connectivity index (χ2v) is 8.45. The number of rotatable bonds is 4. The molecule has 7 nitrogen and oxygen atoms in total. The molecule has 0 radical (unpaired) electrons. The van der Waals surface area contributed by atoms with E-state index in [0.29, 0.717) is 46.7 Å². The smallest absolute Gasteiger partial charge is 0.195 e. The first-order valence-corrected chi connectivity index (χ1v) is 10.2. The number of fused-ring (bicyclic) bond motifs is 1. The summed E-state index contributed by atoms with van der Waals surface area (Å²) in [6.07, 6.45) is 4.76. The molecule has 0 spiro atoms. The highest BCUT2D eigenvalue weighted by molar-refractivity contribution is 6.12. The van der Waals surface area contributed by atoms with Crippen LogP contribution in [0.5, 0.6) is 0 Å². The number of nitrogen functional groups attached to an aromatic ring is 2. The van der Waals surface area contributed by atoms with Gasteiger partial charge in [-0.3, -0.25) is 9.20 Å². The third-order valence-corrected chi connectivity index (χ3v) is 5.95. The van der Waals surface area contributed by atoms with Gasteiger partial charge in [0, 0.05) is 40.7 Å². The van der Waals surface area contributed by atoms with Crippen LogP contribution >= 0.6 is 0 Å². The SMILES string of the molecule is CC1(O)CC(c2nc(-c3ccc(C(=O)c4ccccc4)c(N)c3)c3c(N)nccn23)C1. The molecule has 0 atom stereocenters. The molecule has 2 aromatic heterocycles. The summed E-state index contributed by atoms with van der Waals surface area (Å²) in [5.74, 6) is 1.21. The quantitative estimate of drug-likeness (QED) is 0.348. The molecule has 2 heterocycles. The molecular weight excluding hydrogens is 390 g/mol. The number of carbonyl (C=O) groups excluding carboxylic acids is 1. The monoisotopic (exact) mass is 413 g/mol. The minimum absolute atomic E-state index is 0.127. The first kappa shape index (κ1) is 19.3. The molecule has 4 aromatic rings. The predicted molar refractivity (Wildman–Crippen MR) is 120 cm³/mol. The first-order valence-electron chi connectivity index (χ1n) is 10.2. The van der Waals surface area contributed by atoms with Gasteiger partial charge < -0.3 is 16.6 Å². The van der Waals surface area contributed by atoms with Crippen LogP contribution < -0.4 is 11.5 Å². The zero-order valence-electron chi connectivity index (χ0n) is 17.1. The van der Waals surface area contributed by atoms with Crippen molar-refractivity contribution in [2.75, 3.05) is 11.5 Å². The van der Waals surface area contributed by atoms with Gasteiger partial charge in [-0.2, -0.15) is 0 Å². The summed E-state index contributed by atoms with van der Waals surface area (Å²) < 4.78 is 1.94. The van der Waals surface area contributed by atoms with E-state index in [1.807, 2.05) is 41.8 Å². The molecular formula is C24H23N5O2. The van der Waals surface area contributed by atoms with Gasteiger partial charge in [0.05, 0.1) is 5.60 Å². The number of aliphatic hydroxyl groups is 1. The number of carbonyl (C=O) groups is 1. The Labute approximate surface area is 179 Å². The van der Waals surface area contributed by atoms with Crippen molar-refractivity contribution in [3.05, 3.63) is 77.9 Å². The van der Waals surface area contributed by atoms with Crippen LogP contribution in [-0.4, -0.2) is 30.9 Å². The third kappa shape index (κ3) is 3.23. The molecule has 1 aliphatic carbocycles. The van der Waals surface area contributed by atoms with E-state index in [1.54, 1.807) is 30.5 Å². The topological polar surface area (TPSA) is 120 Å². The minimum atomic E-state index is -0.668. The largest absolute Gasteiger partial charge is 0.398 e. The molecule has 5 N–H and O–H groups in total. The van der Waals surface area contributed by atoms with Gasteiger partial charge in [0.1, 0.15) is 22.9 Å². The maximum absolute atomic E-state index is 12.8. The van der Waals surface area contributed by atoms with Gasteiger partial charge in [0.15, 0.2) is 5.78 Å². The average molecular weight is 413 g/mol. The van der Waals surface area contributed by atoms with Gasteiger partial charge in [-0.05, 0) is 31.9 Å². The zero-order chi connectivity index (χ0) is 21.8. The molecule has 0 saturated heterocycles. The summed E-state index contributed by atoms with van der Waals surface area (Å²) in [7, 11) is 0. The van der Waals surface area contributed by atoms with Crippen LogP contribution in [0, 0.1) is 0 Å². The summed E-state index contributed by atoms with van der Waals surface area (Å²) in [5, 5.41) is 10.2. The van der Waals surface area contributed by atoms with Gasteiger partial charge in [0.25, 0.3) is 0 Å². The average Bonchev–Trinajstić information content (AvgIpc) is 3.13. The lowest BCUT2D eigenvalue weighted by molar-refractivity contribution is -0.0335. The molecule has 5 rings (SSSR count). The molecule has 0 bridgehead atoms. The second-order valence-electron chi connectivity index (χ2n) is 8.45. The van der Waals surface area contributed by atoms with Gasteiger partial charge in [0.2, 0.25) is 0 Å². The standard InChI is InChI=1S/C24H23N5O2/c1-24(31)12-16(13-24)23-28-19(20-22(26)27-9-10-29(20)23)15-7-8-17(18(25)11-15)21(30)14-5-3-2-4-6-14/h2-11,16,31H,12-13,25H2,1H3,(H2,26,27). The van der Waals surface area contributed by atoms with Crippen molar-refractivity contribution in [1.82, 2.24) is 14.4 Å². The highest BCUT2D eigenvalue weighted by Gasteiger charge is 2.41. The lowest BCUT2D eigenvalue weighted by Gasteiger charge is -2.40. The van der Waals surface area contributed by atoms with Crippen molar-refractivity contribution < 1.29 is 9.90 Å². The Hall–Kier alpha value is -3.71. The minimum Gasteiger partial charge on any atom is -0.398 e. The number of aromatic nitrogens is 3. The van der Waals surface area contributed by atoms with Gasteiger partial charge in [-0.25, -0.2) is 9.97 Å². The van der Waals surface area contributed by atoms with Crippen molar-refractivity contribution in [3.8, 4) is 11.3 Å². The fraction of sp³-hybridized carbons (Fsp3) is 0.208. The Balaban J connectivity index is 1.58. The molecule has 2 aromatic carbocycles. The van der Waals surface area contributed by atoms with Crippen LogP contribution in [0.25, 0.3) is 16.8 Å². The van der Waals surface area contributed by atoms with Crippen LogP contribution in [0.4, 0.5) is 11.5 Å². The molecule has 0 unspecified atom stereocenters. The summed E-state index contributed by atoms with van der Waals surface area (Å²) in [6.45, 7) is 1.83. The number of nitrogens with two attached hydrogens (primary N) is 2. The van der Waals surface area contributed by atoms with Crippen molar-refractivity contribution in [1.29, 1.82) is 0 Å². The van der Waals surface area contributed by atoms with Crippen LogP contribution in [-0.2, 0) is 0 Å². The Morgan fingerprint density at radius 2 is 1.90 bits per heavy atom. The molecule has 1 aliphatic rings. The van der Waals surface area contributed by atoms with Gasteiger partial charge >= 0.3 is 0 Å². The molecule has 156 valence electrons. The summed E-state index contributed by atoms with van der Waals surface area (Å²) in [4.78, 5) is 21.9. The maximum Gasteiger partial charge on any atom is 0.195 e. The van der Waals surface area contributed by atoms with E-state index in [9.17, 15) is 9.90 Å². The Morgan fingerprint density at radius 3 is 2.58 bits per heavy atom. The fourth-order valence-electron chi connectivity index (χ4n) is 4.42. The lowest BCUT2D eigenvalue weighted by atomic mass is 9.72. The number of anilines is 2. The van der Waals surface area contributed by atoms with Crippen LogP contribution in [0.3, 0.4) is 0 Å². The summed E-state index contributed by atoms with van der Waals surface area (Å²) in [6, 6.07) is 14.4. The van der Waals surface area contributed by atoms with Crippen molar-refractivity contribution in [2.45, 2.75) is 31.3 Å².